The summed E-state index contributed by atoms with van der Waals surface area (Å²) < 4.78 is 11.2. The van der Waals surface area contributed by atoms with Gasteiger partial charge in [0, 0.05) is 12.1 Å². The van der Waals surface area contributed by atoms with Gasteiger partial charge < -0.3 is 9.47 Å². The van der Waals surface area contributed by atoms with Gasteiger partial charge in [0.2, 0.25) is 0 Å². The van der Waals surface area contributed by atoms with Gasteiger partial charge in [0.25, 0.3) is 5.69 Å². The summed E-state index contributed by atoms with van der Waals surface area (Å²) in [5, 5.41) is 10.6. The molecule has 0 fully saturated rings. The molecule has 6 nitrogen and oxygen atoms in total. The molecule has 2 aromatic rings. The number of hydrogen-bond acceptors (Lipinski definition) is 5. The number of nitro benzene ring substituents is 1. The largest absolute Gasteiger partial charge is 0.488 e. The van der Waals surface area contributed by atoms with Crippen molar-refractivity contribution < 1.29 is 19.2 Å². The molecule has 0 bridgehead atoms. The van der Waals surface area contributed by atoms with E-state index in [1.165, 1.54) is 18.2 Å². The van der Waals surface area contributed by atoms with Gasteiger partial charge in [-0.15, -0.1) is 0 Å². The van der Waals surface area contributed by atoms with Gasteiger partial charge in [-0.1, -0.05) is 12.7 Å². The number of rotatable bonds is 7. The van der Waals surface area contributed by atoms with E-state index in [-0.39, 0.29) is 18.9 Å². The number of carbonyl (C=O) groups is 1. The molecule has 0 aliphatic carbocycles. The average Bonchev–Trinajstić information content (AvgIpc) is 2.58. The van der Waals surface area contributed by atoms with Crippen molar-refractivity contribution in [2.45, 2.75) is 6.61 Å². The van der Waals surface area contributed by atoms with E-state index in [1.54, 1.807) is 30.3 Å². The molecule has 0 aliphatic heterocycles. The Bertz CT molecular complexity index is 758. The third kappa shape index (κ3) is 4.66. The van der Waals surface area contributed by atoms with Crippen molar-refractivity contribution in [3.05, 3.63) is 80.8 Å². The molecule has 2 aromatic carbocycles. The van der Waals surface area contributed by atoms with E-state index in [0.29, 0.717) is 15.8 Å². The number of esters is 1. The van der Waals surface area contributed by atoms with Gasteiger partial charge in [0.1, 0.15) is 19.0 Å². The summed E-state index contributed by atoms with van der Waals surface area (Å²) in [5.74, 6) is 0.103. The fraction of sp³-hybridized carbons (Fsp3) is 0.118. The van der Waals surface area contributed by atoms with Crippen LogP contribution in [0.5, 0.6) is 5.75 Å². The van der Waals surface area contributed by atoms with E-state index in [2.05, 4.69) is 22.5 Å². The van der Waals surface area contributed by atoms with Crippen molar-refractivity contribution in [1.29, 1.82) is 0 Å². The lowest BCUT2D eigenvalue weighted by molar-refractivity contribution is -0.384. The van der Waals surface area contributed by atoms with Gasteiger partial charge in [0.15, 0.2) is 0 Å². The summed E-state index contributed by atoms with van der Waals surface area (Å²) in [7, 11) is 0. The van der Waals surface area contributed by atoms with Crippen LogP contribution in [0.4, 0.5) is 5.69 Å². The summed E-state index contributed by atoms with van der Waals surface area (Å²) in [5.41, 5.74) is 1.22. The van der Waals surface area contributed by atoms with Gasteiger partial charge in [-0.25, -0.2) is 4.79 Å². The Morgan fingerprint density at radius 1 is 1.25 bits per heavy atom. The molecule has 7 heteroatoms. The van der Waals surface area contributed by atoms with Crippen molar-refractivity contribution in [2.24, 2.45) is 0 Å². The minimum Gasteiger partial charge on any atom is -0.488 e. The van der Waals surface area contributed by atoms with Crippen molar-refractivity contribution in [3.63, 3.8) is 0 Å². The molecule has 0 unspecified atom stereocenters. The Balaban J connectivity index is 2.01. The van der Waals surface area contributed by atoms with Crippen molar-refractivity contribution in [1.82, 2.24) is 0 Å². The van der Waals surface area contributed by atoms with E-state index in [0.717, 1.165) is 5.56 Å². The molecule has 0 spiro atoms. The Kier molecular flexibility index (Phi) is 6.08. The summed E-state index contributed by atoms with van der Waals surface area (Å²) in [6, 6.07) is 11.0. The molecule has 0 radical (unpaired) electrons. The highest BCUT2D eigenvalue weighted by Gasteiger charge is 2.10. The van der Waals surface area contributed by atoms with Crippen LogP contribution in [-0.2, 0) is 11.3 Å². The lowest BCUT2D eigenvalue weighted by atomic mass is 10.2. The SMILES string of the molecule is C=CCOC(=O)c1ccc(OCc2ccc([N+](=O)[O-])cc2)c(Br)c1. The molecule has 0 aromatic heterocycles. The molecule has 0 heterocycles. The van der Waals surface area contributed by atoms with Crippen molar-refractivity contribution in [3.8, 4) is 5.75 Å². The van der Waals surface area contributed by atoms with Crippen molar-refractivity contribution in [2.75, 3.05) is 6.61 Å². The summed E-state index contributed by atoms with van der Waals surface area (Å²) in [4.78, 5) is 21.9. The van der Waals surface area contributed by atoms with Crippen LogP contribution in [0.3, 0.4) is 0 Å². The maximum Gasteiger partial charge on any atom is 0.338 e. The monoisotopic (exact) mass is 391 g/mol. The zero-order chi connectivity index (χ0) is 17.5. The first-order valence-electron chi connectivity index (χ1n) is 6.95. The molecule has 2 rings (SSSR count). The fourth-order valence-corrected chi connectivity index (χ4v) is 2.33. The van der Waals surface area contributed by atoms with E-state index in [9.17, 15) is 14.9 Å². The van der Waals surface area contributed by atoms with Crippen LogP contribution in [0.25, 0.3) is 0 Å². The number of halogens is 1. The quantitative estimate of drug-likeness (QED) is 0.304. The third-order valence-electron chi connectivity index (χ3n) is 3.04. The molecule has 0 N–H and O–H groups in total. The molecular formula is C17H14BrNO5. The first kappa shape index (κ1) is 17.7. The van der Waals surface area contributed by atoms with Crippen molar-refractivity contribution >= 4 is 27.6 Å². The molecule has 0 amide bonds. The molecule has 24 heavy (non-hydrogen) atoms. The summed E-state index contributed by atoms with van der Waals surface area (Å²) >= 11 is 3.35. The number of hydrogen-bond donors (Lipinski definition) is 0. The Morgan fingerprint density at radius 2 is 1.96 bits per heavy atom. The maximum absolute atomic E-state index is 11.7. The first-order valence-corrected chi connectivity index (χ1v) is 7.74. The van der Waals surface area contributed by atoms with Crippen LogP contribution in [0, 0.1) is 10.1 Å². The lowest BCUT2D eigenvalue weighted by Gasteiger charge is -2.09. The van der Waals surface area contributed by atoms with Crippen LogP contribution in [0.2, 0.25) is 0 Å². The van der Waals surface area contributed by atoms with E-state index in [4.69, 9.17) is 9.47 Å². The Hall–Kier alpha value is -2.67. The lowest BCUT2D eigenvalue weighted by Crippen LogP contribution is -2.05. The Labute approximate surface area is 147 Å². The summed E-state index contributed by atoms with van der Waals surface area (Å²) in [6.45, 7) is 3.88. The van der Waals surface area contributed by atoms with Gasteiger partial charge >= 0.3 is 5.97 Å². The maximum atomic E-state index is 11.7. The molecule has 0 saturated carbocycles. The summed E-state index contributed by atoms with van der Waals surface area (Å²) in [6.07, 6.45) is 1.49. The Morgan fingerprint density at radius 3 is 2.54 bits per heavy atom. The topological polar surface area (TPSA) is 78.7 Å². The highest BCUT2D eigenvalue weighted by molar-refractivity contribution is 9.10. The predicted molar refractivity (Wildman–Crippen MR) is 92.0 cm³/mol. The zero-order valence-electron chi connectivity index (χ0n) is 12.6. The standard InChI is InChI=1S/C17H14BrNO5/c1-2-9-23-17(20)13-5-8-16(15(18)10-13)24-11-12-3-6-14(7-4-12)19(21)22/h2-8,10H,1,9,11H2. The second kappa shape index (κ2) is 8.26. The molecule has 0 saturated heterocycles. The highest BCUT2D eigenvalue weighted by Crippen LogP contribution is 2.27. The highest BCUT2D eigenvalue weighted by atomic mass is 79.9. The van der Waals surface area contributed by atoms with E-state index < -0.39 is 10.9 Å². The molecule has 124 valence electrons. The number of nitrogens with zero attached hydrogens (tertiary/aromatic N) is 1. The smallest absolute Gasteiger partial charge is 0.338 e. The second-order valence-electron chi connectivity index (χ2n) is 4.74. The van der Waals surface area contributed by atoms with Gasteiger partial charge in [0.05, 0.1) is 15.0 Å². The number of non-ortho nitro benzene ring substituents is 1. The van der Waals surface area contributed by atoms with Gasteiger partial charge in [-0.3, -0.25) is 10.1 Å². The normalized spacial score (nSPS) is 10.0. The van der Waals surface area contributed by atoms with Crippen LogP contribution in [0.15, 0.2) is 59.6 Å². The number of carbonyl (C=O) groups excluding carboxylic acids is 1. The molecule has 0 atom stereocenters. The molecular weight excluding hydrogens is 378 g/mol. The third-order valence-corrected chi connectivity index (χ3v) is 3.66. The van der Waals surface area contributed by atoms with E-state index >= 15 is 0 Å². The number of benzene rings is 2. The second-order valence-corrected chi connectivity index (χ2v) is 5.60. The van der Waals surface area contributed by atoms with E-state index in [1.807, 2.05) is 0 Å². The van der Waals surface area contributed by atoms with Crippen LogP contribution in [-0.4, -0.2) is 17.5 Å². The first-order chi connectivity index (χ1) is 11.5. The van der Waals surface area contributed by atoms with Gasteiger partial charge in [-0.05, 0) is 51.8 Å². The number of nitro groups is 1. The molecule has 0 aliphatic rings. The minimum atomic E-state index is -0.453. The van der Waals surface area contributed by atoms with Crippen LogP contribution >= 0.6 is 15.9 Å². The predicted octanol–water partition coefficient (Wildman–Crippen LogP) is 4.28. The number of ether oxygens (including phenoxy) is 2. The van der Waals surface area contributed by atoms with Crippen LogP contribution < -0.4 is 4.74 Å². The van der Waals surface area contributed by atoms with Crippen LogP contribution in [0.1, 0.15) is 15.9 Å². The zero-order valence-corrected chi connectivity index (χ0v) is 14.2. The fourth-order valence-electron chi connectivity index (χ4n) is 1.84. The minimum absolute atomic E-state index is 0.0299. The van der Waals surface area contributed by atoms with Gasteiger partial charge in [-0.2, -0.15) is 0 Å². The average molecular weight is 392 g/mol.